The number of hydrogen-bond donors (Lipinski definition) is 1. The molecule has 1 heterocycles. The first-order valence-corrected chi connectivity index (χ1v) is 7.37. The van der Waals surface area contributed by atoms with E-state index in [-0.39, 0.29) is 6.04 Å². The van der Waals surface area contributed by atoms with Gasteiger partial charge in [-0.1, -0.05) is 24.3 Å². The van der Waals surface area contributed by atoms with E-state index in [2.05, 4.69) is 11.1 Å². The van der Waals surface area contributed by atoms with Crippen LogP contribution in [0.5, 0.6) is 5.75 Å². The van der Waals surface area contributed by atoms with Gasteiger partial charge in [-0.25, -0.2) is 4.98 Å². The molecule has 3 aromatic rings. The van der Waals surface area contributed by atoms with Crippen molar-refractivity contribution in [3.63, 3.8) is 0 Å². The average Bonchev–Trinajstić information content (AvgIpc) is 2.88. The zero-order valence-corrected chi connectivity index (χ0v) is 12.1. The number of aromatic nitrogens is 1. The maximum atomic E-state index is 5.88. The lowest BCUT2D eigenvalue weighted by Gasteiger charge is -2.08. The topological polar surface area (TPSA) is 48.1 Å². The highest BCUT2D eigenvalue weighted by Crippen LogP contribution is 2.23. The van der Waals surface area contributed by atoms with Crippen LogP contribution in [0, 0.1) is 0 Å². The molecule has 1 atom stereocenters. The Hall–Kier alpha value is -1.91. The van der Waals surface area contributed by atoms with Gasteiger partial charge in [0.25, 0.3) is 0 Å². The Bertz CT molecular complexity index is 688. The number of rotatable bonds is 4. The number of thiazole rings is 1. The van der Waals surface area contributed by atoms with E-state index in [0.29, 0.717) is 6.61 Å². The SMILES string of the molecule is C[C@H](N)c1cccc(OCc2nc3ccccc3s2)c1. The molecule has 4 heteroatoms. The van der Waals surface area contributed by atoms with Crippen LogP contribution in [0.15, 0.2) is 48.5 Å². The molecule has 1 aromatic heterocycles. The van der Waals surface area contributed by atoms with E-state index < -0.39 is 0 Å². The third-order valence-corrected chi connectivity index (χ3v) is 4.09. The Kier molecular flexibility index (Phi) is 3.67. The lowest BCUT2D eigenvalue weighted by Crippen LogP contribution is -2.05. The summed E-state index contributed by atoms with van der Waals surface area (Å²) in [6.07, 6.45) is 0. The van der Waals surface area contributed by atoms with Crippen LogP contribution in [0.2, 0.25) is 0 Å². The van der Waals surface area contributed by atoms with E-state index in [9.17, 15) is 0 Å². The number of hydrogen-bond acceptors (Lipinski definition) is 4. The fourth-order valence-corrected chi connectivity index (χ4v) is 2.89. The largest absolute Gasteiger partial charge is 0.486 e. The van der Waals surface area contributed by atoms with Crippen molar-refractivity contribution in [2.75, 3.05) is 0 Å². The molecule has 102 valence electrons. The Morgan fingerprint density at radius 2 is 2.05 bits per heavy atom. The zero-order valence-electron chi connectivity index (χ0n) is 11.2. The molecule has 0 saturated carbocycles. The summed E-state index contributed by atoms with van der Waals surface area (Å²) in [5.74, 6) is 0.832. The van der Waals surface area contributed by atoms with Gasteiger partial charge in [0.2, 0.25) is 0 Å². The molecule has 0 fully saturated rings. The molecule has 0 aliphatic carbocycles. The third-order valence-electron chi connectivity index (χ3n) is 3.08. The van der Waals surface area contributed by atoms with Crippen molar-refractivity contribution in [1.29, 1.82) is 0 Å². The molecule has 20 heavy (non-hydrogen) atoms. The van der Waals surface area contributed by atoms with Gasteiger partial charge in [0.1, 0.15) is 17.4 Å². The number of benzene rings is 2. The maximum Gasteiger partial charge on any atom is 0.140 e. The van der Waals surface area contributed by atoms with Crippen molar-refractivity contribution >= 4 is 21.6 Å². The molecule has 3 rings (SSSR count). The summed E-state index contributed by atoms with van der Waals surface area (Å²) < 4.78 is 7.00. The Labute approximate surface area is 122 Å². The van der Waals surface area contributed by atoms with E-state index in [1.165, 1.54) is 4.70 Å². The van der Waals surface area contributed by atoms with Gasteiger partial charge >= 0.3 is 0 Å². The van der Waals surface area contributed by atoms with Crippen LogP contribution in [-0.2, 0) is 6.61 Å². The van der Waals surface area contributed by atoms with Crippen LogP contribution < -0.4 is 10.5 Å². The highest BCUT2D eigenvalue weighted by atomic mass is 32.1. The number of nitrogens with two attached hydrogens (primary N) is 1. The molecule has 0 aliphatic heterocycles. The standard InChI is InChI=1S/C16H16N2OS/c1-11(17)12-5-4-6-13(9-12)19-10-16-18-14-7-2-3-8-15(14)20-16/h2-9,11H,10,17H2,1H3/t11-/m0/s1. The summed E-state index contributed by atoms with van der Waals surface area (Å²) in [6.45, 7) is 2.45. The zero-order chi connectivity index (χ0) is 13.9. The lowest BCUT2D eigenvalue weighted by atomic mass is 10.1. The van der Waals surface area contributed by atoms with Gasteiger partial charge in [-0.2, -0.15) is 0 Å². The molecular weight excluding hydrogens is 268 g/mol. The first-order chi connectivity index (χ1) is 9.72. The second kappa shape index (κ2) is 5.61. The second-order valence-corrected chi connectivity index (χ2v) is 5.84. The van der Waals surface area contributed by atoms with Crippen LogP contribution in [-0.4, -0.2) is 4.98 Å². The van der Waals surface area contributed by atoms with Gasteiger partial charge in [-0.15, -0.1) is 11.3 Å². The molecule has 0 amide bonds. The van der Waals surface area contributed by atoms with Gasteiger partial charge in [0, 0.05) is 6.04 Å². The minimum Gasteiger partial charge on any atom is -0.486 e. The van der Waals surface area contributed by atoms with Crippen molar-refractivity contribution < 1.29 is 4.74 Å². The molecule has 0 radical (unpaired) electrons. The maximum absolute atomic E-state index is 5.88. The first-order valence-electron chi connectivity index (χ1n) is 6.55. The predicted octanol–water partition coefficient (Wildman–Crippen LogP) is 3.90. The molecule has 0 bridgehead atoms. The van der Waals surface area contributed by atoms with Crippen molar-refractivity contribution in [3.8, 4) is 5.75 Å². The van der Waals surface area contributed by atoms with E-state index in [1.807, 2.05) is 49.4 Å². The minimum absolute atomic E-state index is 0.0148. The van der Waals surface area contributed by atoms with Crippen molar-refractivity contribution in [2.24, 2.45) is 5.73 Å². The predicted molar refractivity (Wildman–Crippen MR) is 83.0 cm³/mol. The van der Waals surface area contributed by atoms with Crippen molar-refractivity contribution in [1.82, 2.24) is 4.98 Å². The lowest BCUT2D eigenvalue weighted by molar-refractivity contribution is 0.305. The Morgan fingerprint density at radius 3 is 2.85 bits per heavy atom. The number of para-hydroxylation sites is 1. The van der Waals surface area contributed by atoms with Crippen LogP contribution in [0.25, 0.3) is 10.2 Å². The van der Waals surface area contributed by atoms with Gasteiger partial charge in [0.05, 0.1) is 10.2 Å². The Morgan fingerprint density at radius 1 is 1.20 bits per heavy atom. The number of fused-ring (bicyclic) bond motifs is 1. The molecule has 3 nitrogen and oxygen atoms in total. The molecular formula is C16H16N2OS. The fraction of sp³-hybridized carbons (Fsp3) is 0.188. The summed E-state index contributed by atoms with van der Waals surface area (Å²) in [5.41, 5.74) is 7.98. The van der Waals surface area contributed by atoms with Crippen LogP contribution in [0.3, 0.4) is 0 Å². The average molecular weight is 284 g/mol. The summed E-state index contributed by atoms with van der Waals surface area (Å²) >= 11 is 1.67. The fourth-order valence-electron chi connectivity index (χ4n) is 2.01. The van der Waals surface area contributed by atoms with Crippen molar-refractivity contribution in [2.45, 2.75) is 19.6 Å². The van der Waals surface area contributed by atoms with Gasteiger partial charge < -0.3 is 10.5 Å². The van der Waals surface area contributed by atoms with Gasteiger partial charge in [-0.3, -0.25) is 0 Å². The van der Waals surface area contributed by atoms with Crippen molar-refractivity contribution in [3.05, 3.63) is 59.1 Å². The van der Waals surface area contributed by atoms with E-state index in [1.54, 1.807) is 11.3 Å². The number of nitrogens with zero attached hydrogens (tertiary/aromatic N) is 1. The van der Waals surface area contributed by atoms with E-state index >= 15 is 0 Å². The molecule has 0 saturated heterocycles. The highest BCUT2D eigenvalue weighted by Gasteiger charge is 2.05. The molecule has 0 unspecified atom stereocenters. The van der Waals surface area contributed by atoms with Gasteiger partial charge in [0.15, 0.2) is 0 Å². The third kappa shape index (κ3) is 2.81. The van der Waals surface area contributed by atoms with E-state index in [4.69, 9.17) is 10.5 Å². The minimum atomic E-state index is 0.0148. The molecule has 2 aromatic carbocycles. The highest BCUT2D eigenvalue weighted by molar-refractivity contribution is 7.18. The summed E-state index contributed by atoms with van der Waals surface area (Å²) in [7, 11) is 0. The molecule has 0 aliphatic rings. The molecule has 2 N–H and O–H groups in total. The summed E-state index contributed by atoms with van der Waals surface area (Å²) in [6, 6.07) is 16.0. The first kappa shape index (κ1) is 13.1. The van der Waals surface area contributed by atoms with Crippen LogP contribution in [0.1, 0.15) is 23.5 Å². The summed E-state index contributed by atoms with van der Waals surface area (Å²) in [4.78, 5) is 4.55. The second-order valence-electron chi connectivity index (χ2n) is 4.73. The number of ether oxygens (including phenoxy) is 1. The quantitative estimate of drug-likeness (QED) is 0.790. The summed E-state index contributed by atoms with van der Waals surface area (Å²) in [5, 5.41) is 0.984. The van der Waals surface area contributed by atoms with Crippen LogP contribution >= 0.6 is 11.3 Å². The Balaban J connectivity index is 1.74. The van der Waals surface area contributed by atoms with E-state index in [0.717, 1.165) is 21.8 Å². The molecule has 0 spiro atoms. The van der Waals surface area contributed by atoms with Crippen LogP contribution in [0.4, 0.5) is 0 Å². The normalized spacial score (nSPS) is 12.5. The monoisotopic (exact) mass is 284 g/mol. The van der Waals surface area contributed by atoms with Gasteiger partial charge in [-0.05, 0) is 36.8 Å². The smallest absolute Gasteiger partial charge is 0.140 e.